The van der Waals surface area contributed by atoms with Gasteiger partial charge in [0.05, 0.1) is 6.54 Å². The number of amides is 2. The van der Waals surface area contributed by atoms with Crippen LogP contribution in [0.5, 0.6) is 0 Å². The number of hydrogen-bond donors (Lipinski definition) is 2. The van der Waals surface area contributed by atoms with Crippen LogP contribution >= 0.6 is 0 Å². The van der Waals surface area contributed by atoms with Crippen molar-refractivity contribution in [2.24, 2.45) is 0 Å². The Morgan fingerprint density at radius 1 is 1.00 bits per heavy atom. The smallest absolute Gasteiger partial charge is 0.238 e. The highest BCUT2D eigenvalue weighted by atomic mass is 19.1. The number of nitrogens with zero attached hydrogens (tertiary/aromatic N) is 1. The van der Waals surface area contributed by atoms with Gasteiger partial charge in [-0.05, 0) is 50.2 Å². The molecule has 0 heterocycles. The van der Waals surface area contributed by atoms with Crippen molar-refractivity contribution in [1.29, 1.82) is 0 Å². The van der Waals surface area contributed by atoms with E-state index in [-0.39, 0.29) is 24.8 Å². The minimum absolute atomic E-state index is 0.129. The summed E-state index contributed by atoms with van der Waals surface area (Å²) in [6, 6.07) is 11.6. The lowest BCUT2D eigenvalue weighted by molar-refractivity contribution is -0.119. The zero-order valence-corrected chi connectivity index (χ0v) is 15.3. The fourth-order valence-electron chi connectivity index (χ4n) is 2.60. The van der Waals surface area contributed by atoms with E-state index in [9.17, 15) is 14.0 Å². The molecular weight excluding hydrogens is 333 g/mol. The first-order valence-corrected chi connectivity index (χ1v) is 8.45. The highest BCUT2D eigenvalue weighted by Crippen LogP contribution is 2.19. The molecule has 0 unspecified atom stereocenters. The van der Waals surface area contributed by atoms with Crippen LogP contribution in [-0.2, 0) is 9.59 Å². The highest BCUT2D eigenvalue weighted by Gasteiger charge is 2.11. The second kappa shape index (κ2) is 9.10. The number of rotatable bonds is 7. The SMILES string of the molecule is Cc1cccc(C)c1NC(=O)CN(C)CCC(=O)Nc1cccc(F)c1. The predicted molar refractivity (Wildman–Crippen MR) is 102 cm³/mol. The Morgan fingerprint density at radius 3 is 2.31 bits per heavy atom. The fraction of sp³-hybridized carbons (Fsp3) is 0.300. The molecule has 26 heavy (non-hydrogen) atoms. The maximum atomic E-state index is 13.1. The van der Waals surface area contributed by atoms with Gasteiger partial charge in [0.15, 0.2) is 0 Å². The van der Waals surface area contributed by atoms with Gasteiger partial charge in [-0.1, -0.05) is 24.3 Å². The van der Waals surface area contributed by atoms with Crippen molar-refractivity contribution < 1.29 is 14.0 Å². The summed E-state index contributed by atoms with van der Waals surface area (Å²) in [5.41, 5.74) is 3.27. The molecule has 0 spiro atoms. The molecular formula is C20H24FN3O2. The van der Waals surface area contributed by atoms with Crippen molar-refractivity contribution in [2.45, 2.75) is 20.3 Å². The molecule has 0 radical (unpaired) electrons. The van der Waals surface area contributed by atoms with Crippen LogP contribution in [0.25, 0.3) is 0 Å². The molecule has 2 amide bonds. The largest absolute Gasteiger partial charge is 0.326 e. The van der Waals surface area contributed by atoms with E-state index in [1.54, 1.807) is 18.0 Å². The summed E-state index contributed by atoms with van der Waals surface area (Å²) in [5.74, 6) is -0.754. The molecule has 6 heteroatoms. The van der Waals surface area contributed by atoms with Gasteiger partial charge in [0.25, 0.3) is 0 Å². The number of carbonyl (C=O) groups is 2. The zero-order valence-electron chi connectivity index (χ0n) is 15.3. The molecule has 0 saturated heterocycles. The predicted octanol–water partition coefficient (Wildman–Crippen LogP) is 3.34. The second-order valence-corrected chi connectivity index (χ2v) is 6.36. The molecule has 0 aliphatic rings. The van der Waals surface area contributed by atoms with E-state index in [0.29, 0.717) is 12.2 Å². The van der Waals surface area contributed by atoms with Crippen LogP contribution in [0.2, 0.25) is 0 Å². The van der Waals surface area contributed by atoms with E-state index in [4.69, 9.17) is 0 Å². The summed E-state index contributed by atoms with van der Waals surface area (Å²) in [4.78, 5) is 25.9. The molecule has 0 aromatic heterocycles. The summed E-state index contributed by atoms with van der Waals surface area (Å²) in [5, 5.41) is 5.56. The third-order valence-electron chi connectivity index (χ3n) is 3.99. The van der Waals surface area contributed by atoms with Crippen molar-refractivity contribution in [3.05, 3.63) is 59.4 Å². The van der Waals surface area contributed by atoms with E-state index in [1.807, 2.05) is 32.0 Å². The summed E-state index contributed by atoms with van der Waals surface area (Å²) in [6.45, 7) is 4.49. The monoisotopic (exact) mass is 357 g/mol. The maximum Gasteiger partial charge on any atom is 0.238 e. The van der Waals surface area contributed by atoms with E-state index >= 15 is 0 Å². The zero-order chi connectivity index (χ0) is 19.1. The molecule has 0 fully saturated rings. The second-order valence-electron chi connectivity index (χ2n) is 6.36. The van der Waals surface area contributed by atoms with Gasteiger partial charge in [-0.15, -0.1) is 0 Å². The fourth-order valence-corrected chi connectivity index (χ4v) is 2.60. The highest BCUT2D eigenvalue weighted by molar-refractivity contribution is 5.94. The van der Waals surface area contributed by atoms with Gasteiger partial charge in [0.2, 0.25) is 11.8 Å². The summed E-state index contributed by atoms with van der Waals surface area (Å²) < 4.78 is 13.1. The molecule has 0 saturated carbocycles. The van der Waals surface area contributed by atoms with Gasteiger partial charge in [0.1, 0.15) is 5.82 Å². The number of halogens is 1. The van der Waals surface area contributed by atoms with Crippen LogP contribution in [0.4, 0.5) is 15.8 Å². The van der Waals surface area contributed by atoms with Gasteiger partial charge >= 0.3 is 0 Å². The lowest BCUT2D eigenvalue weighted by Crippen LogP contribution is -2.32. The summed E-state index contributed by atoms with van der Waals surface area (Å²) in [7, 11) is 1.78. The number of anilines is 2. The van der Waals surface area contributed by atoms with Crippen LogP contribution in [0.15, 0.2) is 42.5 Å². The van der Waals surface area contributed by atoms with E-state index in [1.165, 1.54) is 18.2 Å². The van der Waals surface area contributed by atoms with Crippen molar-refractivity contribution in [3.8, 4) is 0 Å². The minimum atomic E-state index is -0.400. The van der Waals surface area contributed by atoms with Crippen LogP contribution in [-0.4, -0.2) is 36.9 Å². The topological polar surface area (TPSA) is 61.4 Å². The molecule has 138 valence electrons. The molecule has 2 N–H and O–H groups in total. The van der Waals surface area contributed by atoms with Crippen LogP contribution < -0.4 is 10.6 Å². The van der Waals surface area contributed by atoms with E-state index < -0.39 is 5.82 Å². The van der Waals surface area contributed by atoms with E-state index in [2.05, 4.69) is 10.6 Å². The van der Waals surface area contributed by atoms with Crippen LogP contribution in [0.1, 0.15) is 17.5 Å². The first-order valence-electron chi connectivity index (χ1n) is 8.45. The van der Waals surface area contributed by atoms with Gasteiger partial charge in [-0.2, -0.15) is 0 Å². The Hall–Kier alpha value is -2.73. The quantitative estimate of drug-likeness (QED) is 0.799. The average Bonchev–Trinajstić information content (AvgIpc) is 2.56. The van der Waals surface area contributed by atoms with Crippen molar-refractivity contribution >= 4 is 23.2 Å². The molecule has 2 aromatic rings. The number of hydrogen-bond acceptors (Lipinski definition) is 3. The molecule has 0 bridgehead atoms. The Bertz CT molecular complexity index is 772. The van der Waals surface area contributed by atoms with Gasteiger partial charge in [-0.3, -0.25) is 14.5 Å². The number of nitrogens with one attached hydrogen (secondary N) is 2. The van der Waals surface area contributed by atoms with Gasteiger partial charge < -0.3 is 10.6 Å². The van der Waals surface area contributed by atoms with Crippen molar-refractivity contribution in [1.82, 2.24) is 4.90 Å². The van der Waals surface area contributed by atoms with Gasteiger partial charge in [-0.25, -0.2) is 4.39 Å². The van der Waals surface area contributed by atoms with Crippen LogP contribution in [0.3, 0.4) is 0 Å². The molecule has 0 aliphatic heterocycles. The third kappa shape index (κ3) is 5.97. The molecule has 0 atom stereocenters. The normalized spacial score (nSPS) is 10.7. The van der Waals surface area contributed by atoms with Gasteiger partial charge in [0, 0.05) is 24.3 Å². The Kier molecular flexibility index (Phi) is 6.86. The van der Waals surface area contributed by atoms with Crippen LogP contribution in [0, 0.1) is 19.7 Å². The maximum absolute atomic E-state index is 13.1. The Balaban J connectivity index is 1.78. The number of aryl methyl sites for hydroxylation is 2. The van der Waals surface area contributed by atoms with Crippen molar-refractivity contribution in [2.75, 3.05) is 30.8 Å². The van der Waals surface area contributed by atoms with E-state index in [0.717, 1.165) is 16.8 Å². The summed E-state index contributed by atoms with van der Waals surface area (Å²) >= 11 is 0. The lowest BCUT2D eigenvalue weighted by Gasteiger charge is -2.17. The number of carbonyl (C=O) groups excluding carboxylic acids is 2. The first-order chi connectivity index (χ1) is 12.3. The number of likely N-dealkylation sites (N-methyl/N-ethyl adjacent to an activating group) is 1. The minimum Gasteiger partial charge on any atom is -0.326 e. The Labute approximate surface area is 153 Å². The average molecular weight is 357 g/mol. The standard InChI is InChI=1S/C20H24FN3O2/c1-14-6-4-7-15(2)20(14)23-19(26)13-24(3)11-10-18(25)22-17-9-5-8-16(21)12-17/h4-9,12H,10-11,13H2,1-3H3,(H,22,25)(H,23,26). The number of benzene rings is 2. The molecule has 5 nitrogen and oxygen atoms in total. The number of para-hydroxylation sites is 1. The third-order valence-corrected chi connectivity index (χ3v) is 3.99. The Morgan fingerprint density at radius 2 is 1.65 bits per heavy atom. The molecule has 0 aliphatic carbocycles. The summed E-state index contributed by atoms with van der Waals surface area (Å²) in [6.07, 6.45) is 0.212. The molecule has 2 rings (SSSR count). The lowest BCUT2D eigenvalue weighted by atomic mass is 10.1. The first kappa shape index (κ1) is 19.6. The molecule has 2 aromatic carbocycles. The van der Waals surface area contributed by atoms with Crippen molar-refractivity contribution in [3.63, 3.8) is 0 Å².